The van der Waals surface area contributed by atoms with Crippen molar-refractivity contribution in [1.29, 1.82) is 5.26 Å². The molecule has 2 bridgehead atoms. The molecule has 3 aliphatic rings. The number of amides is 4. The average Bonchev–Trinajstić information content (AvgIpc) is 4.17. The quantitative estimate of drug-likeness (QED) is 0.0902. The van der Waals surface area contributed by atoms with Crippen LogP contribution in [0.5, 0.6) is 0 Å². The molecule has 4 N–H and O–H groups in total. The van der Waals surface area contributed by atoms with Crippen LogP contribution in [0.15, 0.2) is 73.1 Å². The van der Waals surface area contributed by atoms with E-state index in [9.17, 15) is 24.4 Å². The normalized spacial score (nSPS) is 21.3. The number of nitriles is 1. The number of alkyl carbamates (subject to hydrolysis) is 2. The first-order valence-electron chi connectivity index (χ1n) is 22.3. The highest BCUT2D eigenvalue weighted by atomic mass is 16.5. The third kappa shape index (κ3) is 8.78. The van der Waals surface area contributed by atoms with Gasteiger partial charge in [-0.05, 0) is 89.5 Å². The molecule has 4 heterocycles. The number of fused-ring (bicyclic) bond motifs is 3. The minimum Gasteiger partial charge on any atom is -0.453 e. The van der Waals surface area contributed by atoms with E-state index >= 15 is 0 Å². The first kappa shape index (κ1) is 43.9. The van der Waals surface area contributed by atoms with Gasteiger partial charge in [-0.25, -0.2) is 19.6 Å². The summed E-state index contributed by atoms with van der Waals surface area (Å²) in [5.74, 6) is 0.964. The van der Waals surface area contributed by atoms with E-state index in [1.54, 1.807) is 11.1 Å². The Morgan fingerprint density at radius 1 is 0.781 bits per heavy atom. The number of hydrogen-bond acceptors (Lipinski definition) is 9. The topological polar surface area (TPSA) is 198 Å². The molecule has 15 heteroatoms. The number of rotatable bonds is 13. The Morgan fingerprint density at radius 2 is 1.41 bits per heavy atom. The summed E-state index contributed by atoms with van der Waals surface area (Å²) >= 11 is 0. The summed E-state index contributed by atoms with van der Waals surface area (Å²) < 4.78 is 9.49. The Kier molecular flexibility index (Phi) is 12.8. The van der Waals surface area contributed by atoms with Crippen LogP contribution in [0.2, 0.25) is 0 Å². The van der Waals surface area contributed by atoms with Crippen molar-refractivity contribution in [1.82, 2.24) is 40.4 Å². The first-order chi connectivity index (χ1) is 30.9. The highest BCUT2D eigenvalue weighted by Gasteiger charge is 2.51. The van der Waals surface area contributed by atoms with Crippen LogP contribution >= 0.6 is 0 Å². The second-order valence-electron chi connectivity index (χ2n) is 18.1. The summed E-state index contributed by atoms with van der Waals surface area (Å²) in [6.45, 7) is 8.46. The molecule has 15 nitrogen and oxygen atoms in total. The van der Waals surface area contributed by atoms with Crippen molar-refractivity contribution in [2.75, 3.05) is 27.3 Å². The van der Waals surface area contributed by atoms with Gasteiger partial charge in [0.15, 0.2) is 0 Å². The van der Waals surface area contributed by atoms with E-state index in [1.807, 2.05) is 26.1 Å². The molecule has 1 aliphatic carbocycles. The SMILES string of the molecule is COC(=O)NCC[C@H](C(=O)N1[C@@H]2CC[C@@H](C2)[C@H]1c1ncc(-c2ccc(-c3ccc4cc(-c5cnc([C@@H]6C[C@H](C#N)CN6C(=O)[C@@H](NC(=O)OC)C(C)C)[nH]5)ccc4c3)cc2)[nH]1)C(C)C. The number of H-pyrrole nitrogens is 2. The van der Waals surface area contributed by atoms with E-state index in [0.717, 1.165) is 69.5 Å². The lowest BCUT2D eigenvalue weighted by Crippen LogP contribution is -2.51. The lowest BCUT2D eigenvalue weighted by Gasteiger charge is -2.37. The van der Waals surface area contributed by atoms with Gasteiger partial charge >= 0.3 is 12.2 Å². The molecular formula is C49H57N9O6. The standard InChI is InChI=1S/C49H57N9O6/c1-27(2)38(17-18-51-48(61)63-5)46(59)58-37-16-15-36(22-37)43(58)45-53-24-39(55-45)31-9-7-30(8-10-31)32-11-12-34-21-35(14-13-33(34)20-32)40-25-52-44(54-40)41-19-29(23-50)26-57(41)47(60)42(28(3)4)56-49(62)64-6/h7-14,20-21,24-25,27-29,36-38,41-43H,15-19,22,26H2,1-6H3,(H,51,61)(H,52,54)(H,53,55)(H,56,62)/t29-,36+,37-,38+,41+,42+,43+/m1/s1. The van der Waals surface area contributed by atoms with Crippen molar-refractivity contribution in [2.45, 2.75) is 84.0 Å². The van der Waals surface area contributed by atoms with Gasteiger partial charge in [0.1, 0.15) is 17.7 Å². The molecule has 2 aliphatic heterocycles. The zero-order chi connectivity index (χ0) is 45.2. The lowest BCUT2D eigenvalue weighted by molar-refractivity contribution is -0.142. The highest BCUT2D eigenvalue weighted by Crippen LogP contribution is 2.51. The van der Waals surface area contributed by atoms with Gasteiger partial charge in [-0.2, -0.15) is 5.26 Å². The van der Waals surface area contributed by atoms with E-state index in [0.29, 0.717) is 31.1 Å². The average molecular weight is 868 g/mol. The van der Waals surface area contributed by atoms with E-state index in [1.165, 1.54) is 14.2 Å². The molecule has 0 unspecified atom stereocenters. The molecule has 4 amide bonds. The van der Waals surface area contributed by atoms with Crippen LogP contribution in [0.25, 0.3) is 44.4 Å². The largest absolute Gasteiger partial charge is 0.453 e. The van der Waals surface area contributed by atoms with Gasteiger partial charge in [-0.3, -0.25) is 9.59 Å². The van der Waals surface area contributed by atoms with Crippen molar-refractivity contribution in [3.8, 4) is 39.7 Å². The molecule has 334 valence electrons. The van der Waals surface area contributed by atoms with Crippen LogP contribution in [-0.4, -0.2) is 93.1 Å². The van der Waals surface area contributed by atoms with Crippen LogP contribution in [0.4, 0.5) is 9.59 Å². The molecule has 7 atom stereocenters. The van der Waals surface area contributed by atoms with Gasteiger partial charge in [0.25, 0.3) is 0 Å². The van der Waals surface area contributed by atoms with Crippen molar-refractivity contribution in [2.24, 2.45) is 29.6 Å². The predicted molar refractivity (Wildman–Crippen MR) is 241 cm³/mol. The summed E-state index contributed by atoms with van der Waals surface area (Å²) in [5, 5.41) is 17.3. The number of carbonyl (C=O) groups excluding carboxylic acids is 4. The molecule has 64 heavy (non-hydrogen) atoms. The second-order valence-corrected chi connectivity index (χ2v) is 18.1. The third-order valence-corrected chi connectivity index (χ3v) is 13.5. The zero-order valence-electron chi connectivity index (χ0n) is 37.3. The van der Waals surface area contributed by atoms with Crippen molar-refractivity contribution in [3.63, 3.8) is 0 Å². The maximum Gasteiger partial charge on any atom is 0.407 e. The zero-order valence-corrected chi connectivity index (χ0v) is 37.3. The lowest BCUT2D eigenvalue weighted by atomic mass is 9.89. The molecule has 1 saturated carbocycles. The van der Waals surface area contributed by atoms with Gasteiger partial charge in [-0.1, -0.05) is 76.2 Å². The first-order valence-corrected chi connectivity index (χ1v) is 22.3. The molecule has 5 aromatic rings. The molecule has 0 radical (unpaired) electrons. The van der Waals surface area contributed by atoms with Gasteiger partial charge < -0.3 is 39.9 Å². The minimum absolute atomic E-state index is 0.103. The monoisotopic (exact) mass is 867 g/mol. The molecular weight excluding hydrogens is 811 g/mol. The molecule has 2 saturated heterocycles. The number of likely N-dealkylation sites (tertiary alicyclic amines) is 2. The fraction of sp³-hybridized carbons (Fsp3) is 0.449. The van der Waals surface area contributed by atoms with Crippen LogP contribution in [-0.2, 0) is 19.1 Å². The van der Waals surface area contributed by atoms with Gasteiger partial charge in [0, 0.05) is 30.6 Å². The van der Waals surface area contributed by atoms with Crippen molar-refractivity contribution < 1.29 is 28.7 Å². The summed E-state index contributed by atoms with van der Waals surface area (Å²) in [5.41, 5.74) is 5.80. The van der Waals surface area contributed by atoms with E-state index in [-0.39, 0.29) is 54.1 Å². The van der Waals surface area contributed by atoms with E-state index < -0.39 is 24.3 Å². The van der Waals surface area contributed by atoms with Gasteiger partial charge in [0.2, 0.25) is 11.8 Å². The van der Waals surface area contributed by atoms with E-state index in [2.05, 4.69) is 105 Å². The molecule has 0 spiro atoms. The molecule has 3 fully saturated rings. The molecule has 2 aromatic heterocycles. The summed E-state index contributed by atoms with van der Waals surface area (Å²) in [6.07, 6.45) is 6.49. The number of nitrogens with one attached hydrogen (secondary N) is 4. The number of hydrogen-bond donors (Lipinski definition) is 4. The maximum atomic E-state index is 14.2. The third-order valence-electron chi connectivity index (χ3n) is 13.5. The number of aromatic nitrogens is 4. The Hall–Kier alpha value is -6.69. The maximum absolute atomic E-state index is 14.2. The number of aromatic amines is 2. The van der Waals surface area contributed by atoms with Gasteiger partial charge in [-0.15, -0.1) is 0 Å². The van der Waals surface area contributed by atoms with Crippen LogP contribution < -0.4 is 10.6 Å². The number of methoxy groups -OCH3 is 2. The number of carbonyl (C=O) groups is 4. The second kappa shape index (κ2) is 18.6. The summed E-state index contributed by atoms with van der Waals surface area (Å²) in [7, 11) is 2.60. The molecule has 8 rings (SSSR count). The van der Waals surface area contributed by atoms with Crippen LogP contribution in [0, 0.1) is 40.9 Å². The Morgan fingerprint density at radius 3 is 2.08 bits per heavy atom. The minimum atomic E-state index is -0.808. The van der Waals surface area contributed by atoms with Crippen molar-refractivity contribution >= 4 is 34.8 Å². The number of ether oxygens (including phenoxy) is 2. The Labute approximate surface area is 373 Å². The number of piperidine rings is 1. The van der Waals surface area contributed by atoms with Crippen LogP contribution in [0.1, 0.15) is 83.5 Å². The van der Waals surface area contributed by atoms with Crippen molar-refractivity contribution in [3.05, 3.63) is 84.7 Å². The highest BCUT2D eigenvalue weighted by molar-refractivity contribution is 5.91. The number of nitrogens with zero attached hydrogens (tertiary/aromatic N) is 5. The number of imidazole rings is 2. The Balaban J connectivity index is 0.952. The smallest absolute Gasteiger partial charge is 0.407 e. The van der Waals surface area contributed by atoms with Gasteiger partial charge in [0.05, 0.1) is 62.1 Å². The fourth-order valence-electron chi connectivity index (χ4n) is 10.0. The fourth-order valence-corrected chi connectivity index (χ4v) is 10.0. The van der Waals surface area contributed by atoms with E-state index in [4.69, 9.17) is 14.5 Å². The van der Waals surface area contributed by atoms with Crippen LogP contribution in [0.3, 0.4) is 0 Å². The predicted octanol–water partition coefficient (Wildman–Crippen LogP) is 8.15. The number of benzene rings is 3. The molecule has 3 aromatic carbocycles. The Bertz CT molecular complexity index is 2560. The summed E-state index contributed by atoms with van der Waals surface area (Å²) in [4.78, 5) is 72.0. The summed E-state index contributed by atoms with van der Waals surface area (Å²) in [6, 6.07) is 22.2.